The van der Waals surface area contributed by atoms with E-state index in [0.29, 0.717) is 23.3 Å². The molecule has 0 fully saturated rings. The SMILES string of the molecule is O=C1CCCC2=C1[C@@H](c1ccco1)Nc1cc(C(=O)c3ccccc3)ccc1N2. The van der Waals surface area contributed by atoms with E-state index in [2.05, 4.69) is 10.6 Å². The van der Waals surface area contributed by atoms with E-state index in [0.717, 1.165) is 35.5 Å². The highest BCUT2D eigenvalue weighted by Crippen LogP contribution is 2.41. The van der Waals surface area contributed by atoms with E-state index in [1.807, 2.05) is 60.7 Å². The number of carbonyl (C=O) groups is 2. The third kappa shape index (κ3) is 3.14. The smallest absolute Gasteiger partial charge is 0.193 e. The van der Waals surface area contributed by atoms with Crippen molar-refractivity contribution in [3.8, 4) is 0 Å². The summed E-state index contributed by atoms with van der Waals surface area (Å²) < 4.78 is 5.64. The predicted octanol–water partition coefficient (Wildman–Crippen LogP) is 5.10. The summed E-state index contributed by atoms with van der Waals surface area (Å²) in [5.74, 6) is 0.769. The van der Waals surface area contributed by atoms with E-state index in [9.17, 15) is 9.59 Å². The molecule has 0 amide bonds. The molecule has 1 aromatic heterocycles. The predicted molar refractivity (Wildman–Crippen MR) is 111 cm³/mol. The Morgan fingerprint density at radius 3 is 2.59 bits per heavy atom. The van der Waals surface area contributed by atoms with Gasteiger partial charge in [-0.25, -0.2) is 0 Å². The highest BCUT2D eigenvalue weighted by atomic mass is 16.3. The number of benzene rings is 2. The monoisotopic (exact) mass is 384 g/mol. The first-order chi connectivity index (χ1) is 14.2. The lowest BCUT2D eigenvalue weighted by Crippen LogP contribution is -2.23. The first kappa shape index (κ1) is 17.5. The summed E-state index contributed by atoms with van der Waals surface area (Å²) in [4.78, 5) is 25.7. The maximum Gasteiger partial charge on any atom is 0.193 e. The number of anilines is 2. The summed E-state index contributed by atoms with van der Waals surface area (Å²) in [5.41, 5.74) is 4.51. The molecule has 0 bridgehead atoms. The van der Waals surface area contributed by atoms with Crippen molar-refractivity contribution in [3.05, 3.63) is 95.1 Å². The fourth-order valence-electron chi connectivity index (χ4n) is 4.06. The van der Waals surface area contributed by atoms with Gasteiger partial charge in [-0.2, -0.15) is 0 Å². The summed E-state index contributed by atoms with van der Waals surface area (Å²) in [6.45, 7) is 0. The van der Waals surface area contributed by atoms with E-state index >= 15 is 0 Å². The quantitative estimate of drug-likeness (QED) is 0.615. The maximum atomic E-state index is 12.9. The van der Waals surface area contributed by atoms with Gasteiger partial charge in [0, 0.05) is 28.8 Å². The molecule has 1 aliphatic carbocycles. The lowest BCUT2D eigenvalue weighted by Gasteiger charge is -2.23. The minimum atomic E-state index is -0.386. The Morgan fingerprint density at radius 1 is 0.931 bits per heavy atom. The van der Waals surface area contributed by atoms with Gasteiger partial charge in [-0.1, -0.05) is 30.3 Å². The van der Waals surface area contributed by atoms with Crippen molar-refractivity contribution in [3.63, 3.8) is 0 Å². The summed E-state index contributed by atoms with van der Waals surface area (Å²) in [6, 6.07) is 18.1. The summed E-state index contributed by atoms with van der Waals surface area (Å²) in [6.07, 6.45) is 3.78. The molecule has 0 saturated heterocycles. The third-order valence-corrected chi connectivity index (χ3v) is 5.48. The highest BCUT2D eigenvalue weighted by molar-refractivity contribution is 6.10. The van der Waals surface area contributed by atoms with Gasteiger partial charge < -0.3 is 15.1 Å². The molecule has 1 aliphatic heterocycles. The fraction of sp³-hybridized carbons (Fsp3) is 0.167. The zero-order valence-electron chi connectivity index (χ0n) is 15.8. The van der Waals surface area contributed by atoms with Gasteiger partial charge in [0.15, 0.2) is 11.6 Å². The van der Waals surface area contributed by atoms with Gasteiger partial charge in [0.25, 0.3) is 0 Å². The first-order valence-electron chi connectivity index (χ1n) is 9.78. The lowest BCUT2D eigenvalue weighted by atomic mass is 9.89. The Labute approximate surface area is 168 Å². The second kappa shape index (κ2) is 7.09. The minimum Gasteiger partial charge on any atom is -0.467 e. The molecule has 2 N–H and O–H groups in total. The van der Waals surface area contributed by atoms with E-state index in [-0.39, 0.29) is 17.6 Å². The number of allylic oxidation sites excluding steroid dienone is 1. The zero-order chi connectivity index (χ0) is 19.8. The normalized spacial score (nSPS) is 18.2. The van der Waals surface area contributed by atoms with Crippen molar-refractivity contribution >= 4 is 22.9 Å². The third-order valence-electron chi connectivity index (χ3n) is 5.48. The van der Waals surface area contributed by atoms with Crippen molar-refractivity contribution in [2.45, 2.75) is 25.3 Å². The van der Waals surface area contributed by atoms with E-state index in [4.69, 9.17) is 4.42 Å². The van der Waals surface area contributed by atoms with E-state index in [1.165, 1.54) is 0 Å². The van der Waals surface area contributed by atoms with Crippen molar-refractivity contribution in [1.82, 2.24) is 0 Å². The number of Topliss-reactive ketones (excluding diaryl/α,β-unsaturated/α-hetero) is 1. The zero-order valence-corrected chi connectivity index (χ0v) is 15.8. The van der Waals surface area contributed by atoms with Crippen LogP contribution in [0.1, 0.15) is 47.0 Å². The van der Waals surface area contributed by atoms with Crippen LogP contribution in [0.25, 0.3) is 0 Å². The molecule has 0 radical (unpaired) electrons. The minimum absolute atomic E-state index is 0.0391. The van der Waals surface area contributed by atoms with Gasteiger partial charge in [0.2, 0.25) is 0 Å². The van der Waals surface area contributed by atoms with Crippen LogP contribution in [-0.2, 0) is 4.79 Å². The van der Waals surface area contributed by atoms with Crippen molar-refractivity contribution in [1.29, 1.82) is 0 Å². The van der Waals surface area contributed by atoms with Crippen LogP contribution in [-0.4, -0.2) is 11.6 Å². The van der Waals surface area contributed by atoms with E-state index in [1.54, 1.807) is 6.26 Å². The molecule has 2 aromatic carbocycles. The van der Waals surface area contributed by atoms with Gasteiger partial charge >= 0.3 is 0 Å². The summed E-state index contributed by atoms with van der Waals surface area (Å²) in [5, 5.41) is 6.88. The second-order valence-corrected chi connectivity index (χ2v) is 7.34. The van der Waals surface area contributed by atoms with Crippen LogP contribution in [0.3, 0.4) is 0 Å². The second-order valence-electron chi connectivity index (χ2n) is 7.34. The Kier molecular flexibility index (Phi) is 4.28. The van der Waals surface area contributed by atoms with Crippen molar-refractivity contribution in [2.75, 3.05) is 10.6 Å². The number of hydrogen-bond acceptors (Lipinski definition) is 5. The molecule has 2 aliphatic rings. The fourth-order valence-corrected chi connectivity index (χ4v) is 4.06. The number of carbonyl (C=O) groups excluding carboxylic acids is 2. The van der Waals surface area contributed by atoms with E-state index < -0.39 is 0 Å². The lowest BCUT2D eigenvalue weighted by molar-refractivity contribution is -0.116. The topological polar surface area (TPSA) is 71.3 Å². The van der Waals surface area contributed by atoms with Crippen LogP contribution in [0, 0.1) is 0 Å². The Bertz CT molecular complexity index is 1110. The Hall–Kier alpha value is -3.60. The Morgan fingerprint density at radius 2 is 1.79 bits per heavy atom. The van der Waals surface area contributed by atoms with Gasteiger partial charge in [-0.05, 0) is 43.2 Å². The van der Waals surface area contributed by atoms with Gasteiger partial charge in [0.05, 0.1) is 17.6 Å². The van der Waals surface area contributed by atoms with Crippen LogP contribution < -0.4 is 10.6 Å². The molecule has 5 nitrogen and oxygen atoms in total. The molecule has 2 heterocycles. The van der Waals surface area contributed by atoms with Crippen molar-refractivity contribution < 1.29 is 14.0 Å². The highest BCUT2D eigenvalue weighted by Gasteiger charge is 2.33. The van der Waals surface area contributed by atoms with Crippen LogP contribution in [0.15, 0.2) is 82.6 Å². The largest absolute Gasteiger partial charge is 0.467 e. The number of ketones is 2. The molecule has 1 atom stereocenters. The molecular weight excluding hydrogens is 364 g/mol. The molecule has 144 valence electrons. The Balaban J connectivity index is 1.58. The van der Waals surface area contributed by atoms with Gasteiger partial charge in [0.1, 0.15) is 11.8 Å². The van der Waals surface area contributed by atoms with Gasteiger partial charge in [-0.15, -0.1) is 0 Å². The van der Waals surface area contributed by atoms with Crippen LogP contribution in [0.4, 0.5) is 11.4 Å². The molecule has 0 saturated carbocycles. The molecule has 5 heteroatoms. The molecule has 29 heavy (non-hydrogen) atoms. The van der Waals surface area contributed by atoms with Gasteiger partial charge in [-0.3, -0.25) is 9.59 Å². The van der Waals surface area contributed by atoms with Crippen LogP contribution in [0.2, 0.25) is 0 Å². The summed E-state index contributed by atoms with van der Waals surface area (Å²) >= 11 is 0. The number of furan rings is 1. The van der Waals surface area contributed by atoms with Crippen LogP contribution in [0.5, 0.6) is 0 Å². The number of nitrogens with one attached hydrogen (secondary N) is 2. The number of rotatable bonds is 3. The number of hydrogen-bond donors (Lipinski definition) is 2. The first-order valence-corrected chi connectivity index (χ1v) is 9.78. The molecule has 0 unspecified atom stereocenters. The molecule has 0 spiro atoms. The maximum absolute atomic E-state index is 12.9. The molecular formula is C24H20N2O3. The average molecular weight is 384 g/mol. The van der Waals surface area contributed by atoms with Crippen molar-refractivity contribution in [2.24, 2.45) is 0 Å². The molecule has 5 rings (SSSR count). The average Bonchev–Trinajstić information content (AvgIpc) is 3.23. The molecule has 3 aromatic rings. The summed E-state index contributed by atoms with van der Waals surface area (Å²) in [7, 11) is 0. The number of fused-ring (bicyclic) bond motifs is 1. The standard InChI is InChI=1S/C24H20N2O3/c27-20-9-4-8-18-22(20)23(21-10-5-13-29-21)26-19-14-16(11-12-17(19)25-18)24(28)15-6-2-1-3-7-15/h1-3,5-7,10-14,23,25-26H,4,8-9H2/t23-/m1/s1. The van der Waals surface area contributed by atoms with Crippen LogP contribution >= 0.6 is 0 Å².